The maximum atomic E-state index is 4.50. The van der Waals surface area contributed by atoms with Crippen LogP contribution in [0, 0.1) is 13.8 Å². The molecule has 13 heavy (non-hydrogen) atoms. The van der Waals surface area contributed by atoms with Gasteiger partial charge in [-0.2, -0.15) is 0 Å². The molecule has 0 spiro atoms. The van der Waals surface area contributed by atoms with Gasteiger partial charge in [-0.05, 0) is 31.5 Å². The summed E-state index contributed by atoms with van der Waals surface area (Å²) in [5.41, 5.74) is 3.50. The SMILES string of the molecule is Cc1cc(Br)cc2c1nc(C)n2C. The molecule has 0 fully saturated rings. The lowest BCUT2D eigenvalue weighted by molar-refractivity contribution is 0.886. The van der Waals surface area contributed by atoms with Crippen molar-refractivity contribution in [3.8, 4) is 0 Å². The third-order valence-electron chi connectivity index (χ3n) is 2.37. The smallest absolute Gasteiger partial charge is 0.106 e. The summed E-state index contributed by atoms with van der Waals surface area (Å²) < 4.78 is 3.22. The first-order valence-corrected chi connectivity index (χ1v) is 4.98. The average Bonchev–Trinajstić information content (AvgIpc) is 2.32. The summed E-state index contributed by atoms with van der Waals surface area (Å²) in [6.07, 6.45) is 0. The first-order valence-electron chi connectivity index (χ1n) is 4.19. The highest BCUT2D eigenvalue weighted by atomic mass is 79.9. The highest BCUT2D eigenvalue weighted by Gasteiger charge is 2.06. The van der Waals surface area contributed by atoms with Crippen LogP contribution in [0.2, 0.25) is 0 Å². The Morgan fingerprint density at radius 1 is 1.31 bits per heavy atom. The summed E-state index contributed by atoms with van der Waals surface area (Å²) >= 11 is 3.49. The van der Waals surface area contributed by atoms with Crippen LogP contribution in [-0.2, 0) is 7.05 Å². The van der Waals surface area contributed by atoms with E-state index in [1.807, 2.05) is 14.0 Å². The van der Waals surface area contributed by atoms with Gasteiger partial charge in [0, 0.05) is 11.5 Å². The Morgan fingerprint density at radius 3 is 2.69 bits per heavy atom. The molecule has 1 heterocycles. The Balaban J connectivity index is 2.94. The van der Waals surface area contributed by atoms with Gasteiger partial charge in [-0.3, -0.25) is 0 Å². The Morgan fingerprint density at radius 2 is 2.00 bits per heavy atom. The van der Waals surface area contributed by atoms with Gasteiger partial charge in [-0.15, -0.1) is 0 Å². The summed E-state index contributed by atoms with van der Waals surface area (Å²) in [6, 6.07) is 4.19. The Labute approximate surface area is 85.7 Å². The number of imidazole rings is 1. The molecule has 0 aliphatic rings. The summed E-state index contributed by atoms with van der Waals surface area (Å²) in [7, 11) is 2.04. The number of aromatic nitrogens is 2. The minimum absolute atomic E-state index is 1.05. The zero-order valence-corrected chi connectivity index (χ0v) is 9.51. The van der Waals surface area contributed by atoms with Crippen molar-refractivity contribution >= 4 is 27.0 Å². The number of benzene rings is 1. The van der Waals surface area contributed by atoms with Crippen molar-refractivity contribution in [3.63, 3.8) is 0 Å². The molecule has 0 unspecified atom stereocenters. The topological polar surface area (TPSA) is 17.8 Å². The van der Waals surface area contributed by atoms with Crippen molar-refractivity contribution in [1.82, 2.24) is 9.55 Å². The molecule has 0 N–H and O–H groups in total. The molecule has 2 aromatic rings. The zero-order chi connectivity index (χ0) is 9.59. The molecule has 0 saturated carbocycles. The van der Waals surface area contributed by atoms with E-state index < -0.39 is 0 Å². The van der Waals surface area contributed by atoms with Crippen molar-refractivity contribution in [2.45, 2.75) is 13.8 Å². The first kappa shape index (κ1) is 8.75. The fourth-order valence-corrected chi connectivity index (χ4v) is 2.09. The van der Waals surface area contributed by atoms with Gasteiger partial charge in [0.05, 0.1) is 11.0 Å². The molecular formula is C10H11BrN2. The van der Waals surface area contributed by atoms with Crippen LogP contribution in [0.3, 0.4) is 0 Å². The summed E-state index contributed by atoms with van der Waals surface area (Å²) in [5, 5.41) is 0. The van der Waals surface area contributed by atoms with Crippen LogP contribution in [0.1, 0.15) is 11.4 Å². The minimum atomic E-state index is 1.05. The number of hydrogen-bond donors (Lipinski definition) is 0. The first-order chi connectivity index (χ1) is 6.09. The number of fused-ring (bicyclic) bond motifs is 1. The number of hydrogen-bond acceptors (Lipinski definition) is 1. The Bertz CT molecular complexity index is 471. The summed E-state index contributed by atoms with van der Waals surface area (Å²) in [5.74, 6) is 1.05. The fourth-order valence-electron chi connectivity index (χ4n) is 1.53. The average molecular weight is 239 g/mol. The predicted octanol–water partition coefficient (Wildman–Crippen LogP) is 2.95. The van der Waals surface area contributed by atoms with Gasteiger partial charge in [0.1, 0.15) is 5.82 Å². The van der Waals surface area contributed by atoms with E-state index in [0.29, 0.717) is 0 Å². The third kappa shape index (κ3) is 1.27. The number of aryl methyl sites for hydroxylation is 3. The quantitative estimate of drug-likeness (QED) is 0.691. The van der Waals surface area contributed by atoms with Gasteiger partial charge in [-0.25, -0.2) is 4.98 Å². The molecule has 0 bridgehead atoms. The van der Waals surface area contributed by atoms with Crippen molar-refractivity contribution in [2.75, 3.05) is 0 Å². The Hall–Kier alpha value is -0.830. The molecule has 2 rings (SSSR count). The minimum Gasteiger partial charge on any atom is -0.331 e. The van der Waals surface area contributed by atoms with E-state index in [1.165, 1.54) is 11.1 Å². The van der Waals surface area contributed by atoms with Crippen molar-refractivity contribution < 1.29 is 0 Å². The van der Waals surface area contributed by atoms with E-state index in [4.69, 9.17) is 0 Å². The van der Waals surface area contributed by atoms with E-state index in [1.54, 1.807) is 0 Å². The normalized spacial score (nSPS) is 11.1. The van der Waals surface area contributed by atoms with E-state index in [9.17, 15) is 0 Å². The highest BCUT2D eigenvalue weighted by molar-refractivity contribution is 9.10. The molecule has 1 aromatic carbocycles. The highest BCUT2D eigenvalue weighted by Crippen LogP contribution is 2.23. The molecule has 2 nitrogen and oxygen atoms in total. The largest absolute Gasteiger partial charge is 0.331 e. The molecule has 3 heteroatoms. The second-order valence-electron chi connectivity index (χ2n) is 3.31. The number of rotatable bonds is 0. The summed E-state index contributed by atoms with van der Waals surface area (Å²) in [6.45, 7) is 4.10. The second-order valence-corrected chi connectivity index (χ2v) is 4.22. The van der Waals surface area contributed by atoms with Crippen LogP contribution in [0.15, 0.2) is 16.6 Å². The third-order valence-corrected chi connectivity index (χ3v) is 2.82. The second kappa shape index (κ2) is 2.84. The van der Waals surface area contributed by atoms with Crippen LogP contribution >= 0.6 is 15.9 Å². The monoisotopic (exact) mass is 238 g/mol. The molecule has 0 aliphatic carbocycles. The van der Waals surface area contributed by atoms with E-state index >= 15 is 0 Å². The van der Waals surface area contributed by atoms with Gasteiger partial charge in [0.15, 0.2) is 0 Å². The maximum absolute atomic E-state index is 4.50. The molecule has 68 valence electrons. The van der Waals surface area contributed by atoms with Crippen LogP contribution in [-0.4, -0.2) is 9.55 Å². The van der Waals surface area contributed by atoms with Gasteiger partial charge in [0.25, 0.3) is 0 Å². The van der Waals surface area contributed by atoms with Gasteiger partial charge < -0.3 is 4.57 Å². The molecule has 0 amide bonds. The lowest BCUT2D eigenvalue weighted by Gasteiger charge is -1.99. The maximum Gasteiger partial charge on any atom is 0.106 e. The van der Waals surface area contributed by atoms with Gasteiger partial charge in [-0.1, -0.05) is 15.9 Å². The van der Waals surface area contributed by atoms with Crippen LogP contribution in [0.25, 0.3) is 11.0 Å². The van der Waals surface area contributed by atoms with Crippen molar-refractivity contribution in [3.05, 3.63) is 28.0 Å². The number of halogens is 1. The van der Waals surface area contributed by atoms with Gasteiger partial charge >= 0.3 is 0 Å². The summed E-state index contributed by atoms with van der Waals surface area (Å²) in [4.78, 5) is 4.50. The molecule has 0 saturated heterocycles. The van der Waals surface area contributed by atoms with Gasteiger partial charge in [0.2, 0.25) is 0 Å². The molecule has 1 aromatic heterocycles. The van der Waals surface area contributed by atoms with Crippen LogP contribution in [0.5, 0.6) is 0 Å². The lowest BCUT2D eigenvalue weighted by Crippen LogP contribution is -1.89. The van der Waals surface area contributed by atoms with Crippen molar-refractivity contribution in [2.24, 2.45) is 7.05 Å². The molecular weight excluding hydrogens is 228 g/mol. The zero-order valence-electron chi connectivity index (χ0n) is 7.93. The molecule has 0 aliphatic heterocycles. The standard InChI is InChI=1S/C10H11BrN2/c1-6-4-8(11)5-9-10(6)12-7(2)13(9)3/h4-5H,1-3H3. The fraction of sp³-hybridized carbons (Fsp3) is 0.300. The van der Waals surface area contributed by atoms with Crippen molar-refractivity contribution in [1.29, 1.82) is 0 Å². The predicted molar refractivity (Wildman–Crippen MR) is 57.9 cm³/mol. The Kier molecular flexibility index (Phi) is 1.91. The van der Waals surface area contributed by atoms with Crippen LogP contribution < -0.4 is 0 Å². The van der Waals surface area contributed by atoms with E-state index in [0.717, 1.165) is 15.8 Å². The number of nitrogens with zero attached hydrogens (tertiary/aromatic N) is 2. The molecule has 0 atom stereocenters. The van der Waals surface area contributed by atoms with E-state index in [2.05, 4.69) is 44.5 Å². The lowest BCUT2D eigenvalue weighted by atomic mass is 10.2. The van der Waals surface area contributed by atoms with Crippen LogP contribution in [0.4, 0.5) is 0 Å². The molecule has 0 radical (unpaired) electrons. The van der Waals surface area contributed by atoms with E-state index in [-0.39, 0.29) is 0 Å².